The fourth-order valence-corrected chi connectivity index (χ4v) is 4.95. The molecule has 0 aliphatic carbocycles. The number of nitrogens with zero attached hydrogens (tertiary/aromatic N) is 2. The molecular weight excluding hydrogens is 504 g/mol. The summed E-state index contributed by atoms with van der Waals surface area (Å²) in [6.45, 7) is 5.45. The predicted molar refractivity (Wildman–Crippen MR) is 148 cm³/mol. The molecule has 7 nitrogen and oxygen atoms in total. The third-order valence-corrected chi connectivity index (χ3v) is 7.13. The summed E-state index contributed by atoms with van der Waals surface area (Å²) in [7, 11) is 0. The standard InChI is InChI=1S/C30H31ClN2O5/c1-19(30(36)37)16-17-38-25-14-8-22(9-15-25)29(35)32-20(2)18-28(26-6-4-5-7-27(26)32)33(21(3)34)24-12-10-23(31)11-13-24/h4-15,19-20,28H,16-18H2,1-3H3,(H,36,37)/t19-,20?,28+/m0/s1. The van der Waals surface area contributed by atoms with E-state index >= 15 is 0 Å². The first-order chi connectivity index (χ1) is 18.2. The van der Waals surface area contributed by atoms with Crippen molar-refractivity contribution in [2.24, 2.45) is 5.92 Å². The number of carbonyl (C=O) groups excluding carboxylic acids is 2. The second-order valence-corrected chi connectivity index (χ2v) is 10.0. The van der Waals surface area contributed by atoms with E-state index in [-0.39, 0.29) is 30.5 Å². The van der Waals surface area contributed by atoms with Crippen molar-refractivity contribution in [3.05, 3.63) is 88.9 Å². The van der Waals surface area contributed by atoms with Gasteiger partial charge in [-0.05, 0) is 79.9 Å². The van der Waals surface area contributed by atoms with Crippen LogP contribution in [0.4, 0.5) is 11.4 Å². The van der Waals surface area contributed by atoms with E-state index < -0.39 is 11.9 Å². The van der Waals surface area contributed by atoms with E-state index in [1.807, 2.05) is 43.3 Å². The Labute approximate surface area is 227 Å². The first kappa shape index (κ1) is 27.2. The molecule has 1 unspecified atom stereocenters. The molecule has 0 fully saturated rings. The second-order valence-electron chi connectivity index (χ2n) is 9.60. The topological polar surface area (TPSA) is 87.2 Å². The average molecular weight is 535 g/mol. The molecule has 0 aromatic heterocycles. The van der Waals surface area contributed by atoms with Gasteiger partial charge < -0.3 is 19.6 Å². The predicted octanol–water partition coefficient (Wildman–Crippen LogP) is 6.36. The number of carboxylic acids is 1. The van der Waals surface area contributed by atoms with Crippen LogP contribution in [0.15, 0.2) is 72.8 Å². The van der Waals surface area contributed by atoms with Gasteiger partial charge in [0.05, 0.1) is 18.6 Å². The number of benzene rings is 3. The summed E-state index contributed by atoms with van der Waals surface area (Å²) in [5.74, 6) is -1.000. The minimum absolute atomic E-state index is 0.0903. The molecule has 2 amide bonds. The molecule has 3 aromatic carbocycles. The Balaban J connectivity index is 1.57. The molecule has 0 saturated carbocycles. The van der Waals surface area contributed by atoms with Crippen LogP contribution in [-0.2, 0) is 9.59 Å². The monoisotopic (exact) mass is 534 g/mol. The number of fused-ring (bicyclic) bond motifs is 1. The van der Waals surface area contributed by atoms with Crippen LogP contribution in [0.5, 0.6) is 5.75 Å². The highest BCUT2D eigenvalue weighted by Gasteiger charge is 2.38. The number of carboxylic acid groups (broad SMARTS) is 1. The van der Waals surface area contributed by atoms with E-state index in [4.69, 9.17) is 21.4 Å². The largest absolute Gasteiger partial charge is 0.494 e. The number of anilines is 2. The maximum absolute atomic E-state index is 13.7. The molecule has 3 atom stereocenters. The quantitative estimate of drug-likeness (QED) is 0.363. The number of halogens is 1. The van der Waals surface area contributed by atoms with Gasteiger partial charge in [0, 0.05) is 34.9 Å². The van der Waals surface area contributed by atoms with Gasteiger partial charge in [-0.3, -0.25) is 14.4 Å². The van der Waals surface area contributed by atoms with Crippen LogP contribution < -0.4 is 14.5 Å². The number of hydrogen-bond acceptors (Lipinski definition) is 4. The van der Waals surface area contributed by atoms with Crippen LogP contribution >= 0.6 is 11.6 Å². The molecule has 0 saturated heterocycles. The lowest BCUT2D eigenvalue weighted by Crippen LogP contribution is -2.47. The van der Waals surface area contributed by atoms with Crippen molar-refractivity contribution in [3.8, 4) is 5.75 Å². The lowest BCUT2D eigenvalue weighted by Gasteiger charge is -2.43. The third-order valence-electron chi connectivity index (χ3n) is 6.88. The van der Waals surface area contributed by atoms with Crippen molar-refractivity contribution < 1.29 is 24.2 Å². The normalized spacial score (nSPS) is 17.3. The first-order valence-electron chi connectivity index (χ1n) is 12.6. The molecule has 1 N–H and O–H groups in total. The summed E-state index contributed by atoms with van der Waals surface area (Å²) in [5.41, 5.74) is 2.93. The summed E-state index contributed by atoms with van der Waals surface area (Å²) in [4.78, 5) is 41.1. The summed E-state index contributed by atoms with van der Waals surface area (Å²) < 4.78 is 5.66. The summed E-state index contributed by atoms with van der Waals surface area (Å²) in [6.07, 6.45) is 0.959. The molecule has 0 bridgehead atoms. The Hall–Kier alpha value is -3.84. The van der Waals surface area contributed by atoms with E-state index in [1.165, 1.54) is 0 Å². The molecule has 0 radical (unpaired) electrons. The third kappa shape index (κ3) is 5.83. The van der Waals surface area contributed by atoms with Gasteiger partial charge in [0.25, 0.3) is 5.91 Å². The van der Waals surface area contributed by atoms with Crippen molar-refractivity contribution in [1.82, 2.24) is 0 Å². The van der Waals surface area contributed by atoms with Crippen molar-refractivity contribution in [2.45, 2.75) is 45.7 Å². The first-order valence-corrected chi connectivity index (χ1v) is 13.0. The number of ether oxygens (including phenoxy) is 1. The second kappa shape index (κ2) is 11.7. The highest BCUT2D eigenvalue weighted by Crippen LogP contribution is 2.43. The minimum Gasteiger partial charge on any atom is -0.494 e. The maximum atomic E-state index is 13.7. The maximum Gasteiger partial charge on any atom is 0.306 e. The van der Waals surface area contributed by atoms with Crippen molar-refractivity contribution in [1.29, 1.82) is 0 Å². The molecule has 0 spiro atoms. The molecule has 4 rings (SSSR count). The van der Waals surface area contributed by atoms with Crippen LogP contribution in [-0.4, -0.2) is 35.5 Å². The Morgan fingerprint density at radius 2 is 1.71 bits per heavy atom. The summed E-state index contributed by atoms with van der Waals surface area (Å²) in [6, 6.07) is 21.3. The summed E-state index contributed by atoms with van der Waals surface area (Å²) in [5, 5.41) is 9.61. The van der Waals surface area contributed by atoms with Gasteiger partial charge in [-0.1, -0.05) is 36.7 Å². The van der Waals surface area contributed by atoms with Crippen molar-refractivity contribution >= 4 is 40.8 Å². The fraction of sp³-hybridized carbons (Fsp3) is 0.300. The molecular formula is C30H31ClN2O5. The Kier molecular flexibility index (Phi) is 8.37. The van der Waals surface area contributed by atoms with Crippen LogP contribution in [0.2, 0.25) is 5.02 Å². The Bertz CT molecular complexity index is 1310. The smallest absolute Gasteiger partial charge is 0.306 e. The van der Waals surface area contributed by atoms with Crippen LogP contribution in [0, 0.1) is 5.92 Å². The number of rotatable bonds is 8. The highest BCUT2D eigenvalue weighted by atomic mass is 35.5. The zero-order valence-corrected chi connectivity index (χ0v) is 22.4. The molecule has 3 aromatic rings. The van der Waals surface area contributed by atoms with E-state index in [9.17, 15) is 14.4 Å². The van der Waals surface area contributed by atoms with Gasteiger partial charge in [0.1, 0.15) is 5.75 Å². The van der Waals surface area contributed by atoms with Crippen molar-refractivity contribution in [3.63, 3.8) is 0 Å². The fourth-order valence-electron chi connectivity index (χ4n) is 4.83. The molecule has 1 aliphatic rings. The molecule has 1 heterocycles. The Morgan fingerprint density at radius 3 is 2.34 bits per heavy atom. The molecule has 8 heteroatoms. The van der Waals surface area contributed by atoms with Gasteiger partial charge in [0.2, 0.25) is 5.91 Å². The number of amides is 2. The minimum atomic E-state index is -0.854. The molecule has 1 aliphatic heterocycles. The highest BCUT2D eigenvalue weighted by molar-refractivity contribution is 6.30. The molecule has 38 heavy (non-hydrogen) atoms. The van der Waals surface area contributed by atoms with Crippen molar-refractivity contribution in [2.75, 3.05) is 16.4 Å². The van der Waals surface area contributed by atoms with Gasteiger partial charge >= 0.3 is 5.97 Å². The lowest BCUT2D eigenvalue weighted by molar-refractivity contribution is -0.141. The summed E-state index contributed by atoms with van der Waals surface area (Å²) >= 11 is 6.08. The zero-order valence-electron chi connectivity index (χ0n) is 21.6. The Morgan fingerprint density at radius 1 is 1.05 bits per heavy atom. The van der Waals surface area contributed by atoms with Gasteiger partial charge in [-0.15, -0.1) is 0 Å². The van der Waals surface area contributed by atoms with E-state index in [1.54, 1.807) is 60.0 Å². The lowest BCUT2D eigenvalue weighted by atomic mass is 9.89. The van der Waals surface area contributed by atoms with Crippen LogP contribution in [0.3, 0.4) is 0 Å². The number of para-hydroxylation sites is 1. The zero-order chi connectivity index (χ0) is 27.4. The number of aliphatic carboxylic acids is 1. The SMILES string of the molecule is CC(=O)N(c1ccc(Cl)cc1)[C@@H]1CC(C)N(C(=O)c2ccc(OCC[C@H](C)C(=O)O)cc2)c2ccccc21. The van der Waals surface area contributed by atoms with Gasteiger partial charge in [-0.2, -0.15) is 0 Å². The average Bonchev–Trinajstić information content (AvgIpc) is 2.89. The van der Waals surface area contributed by atoms with Crippen LogP contribution in [0.25, 0.3) is 0 Å². The molecule has 198 valence electrons. The van der Waals surface area contributed by atoms with Crippen LogP contribution in [0.1, 0.15) is 55.6 Å². The van der Waals surface area contributed by atoms with E-state index in [2.05, 4.69) is 0 Å². The van der Waals surface area contributed by atoms with E-state index in [0.717, 1.165) is 16.9 Å². The van der Waals surface area contributed by atoms with Gasteiger partial charge in [-0.25, -0.2) is 0 Å². The van der Waals surface area contributed by atoms with E-state index in [0.29, 0.717) is 29.2 Å². The number of hydrogen-bond donors (Lipinski definition) is 1. The van der Waals surface area contributed by atoms with Gasteiger partial charge in [0.15, 0.2) is 0 Å². The number of carbonyl (C=O) groups is 3.